The molecule has 2 amide bonds. The smallest absolute Gasteiger partial charge is 0.407 e. The Bertz CT molecular complexity index is 1180. The van der Waals surface area contributed by atoms with Crippen molar-refractivity contribution in [3.63, 3.8) is 0 Å². The van der Waals surface area contributed by atoms with Gasteiger partial charge in [0.1, 0.15) is 11.5 Å². The van der Waals surface area contributed by atoms with Crippen molar-refractivity contribution in [2.75, 3.05) is 26.7 Å². The summed E-state index contributed by atoms with van der Waals surface area (Å²) >= 11 is 0. The average molecular weight is 440 g/mol. The van der Waals surface area contributed by atoms with E-state index in [0.29, 0.717) is 30.9 Å². The predicted molar refractivity (Wildman–Crippen MR) is 116 cm³/mol. The van der Waals surface area contributed by atoms with Gasteiger partial charge in [-0.2, -0.15) is 0 Å². The second-order valence-electron chi connectivity index (χ2n) is 7.72. The number of rotatable bonds is 5. The highest BCUT2D eigenvalue weighted by molar-refractivity contribution is 5.94. The van der Waals surface area contributed by atoms with Crippen molar-refractivity contribution in [1.29, 1.82) is 0 Å². The third kappa shape index (κ3) is 4.16. The first-order valence-electron chi connectivity index (χ1n) is 10.5. The van der Waals surface area contributed by atoms with Crippen molar-refractivity contribution >= 4 is 17.6 Å². The highest BCUT2D eigenvalue weighted by Crippen LogP contribution is 2.30. The number of hydrogen-bond acceptors (Lipinski definition) is 4. The van der Waals surface area contributed by atoms with E-state index in [0.717, 1.165) is 17.7 Å². The topological polar surface area (TPSA) is 96.2 Å². The first kappa shape index (κ1) is 21.8. The average Bonchev–Trinajstić information content (AvgIpc) is 3.15. The molecule has 3 aromatic rings. The van der Waals surface area contributed by atoms with Crippen LogP contribution in [0.3, 0.4) is 0 Å². The molecule has 0 spiro atoms. The molecule has 9 heteroatoms. The zero-order chi connectivity index (χ0) is 22.8. The summed E-state index contributed by atoms with van der Waals surface area (Å²) in [5, 5.41) is 11.8. The van der Waals surface area contributed by atoms with Crippen molar-refractivity contribution in [3.05, 3.63) is 59.2 Å². The molecule has 1 aromatic carbocycles. The largest absolute Gasteiger partial charge is 0.465 e. The van der Waals surface area contributed by atoms with E-state index in [-0.39, 0.29) is 29.7 Å². The molecule has 0 saturated carbocycles. The Morgan fingerprint density at radius 2 is 2.12 bits per heavy atom. The monoisotopic (exact) mass is 440 g/mol. The van der Waals surface area contributed by atoms with Gasteiger partial charge in [0.25, 0.3) is 5.91 Å². The van der Waals surface area contributed by atoms with Crippen LogP contribution in [0, 0.1) is 5.82 Å². The Kier molecular flexibility index (Phi) is 6.09. The molecule has 1 atom stereocenters. The van der Waals surface area contributed by atoms with Crippen LogP contribution >= 0.6 is 0 Å². The van der Waals surface area contributed by atoms with Crippen molar-refractivity contribution in [1.82, 2.24) is 19.6 Å². The number of fused-ring (bicyclic) bond motifs is 1. The predicted octanol–water partition coefficient (Wildman–Crippen LogP) is 2.98. The van der Waals surface area contributed by atoms with E-state index < -0.39 is 11.9 Å². The van der Waals surface area contributed by atoms with Gasteiger partial charge in [0.15, 0.2) is 0 Å². The van der Waals surface area contributed by atoms with Gasteiger partial charge in [-0.15, -0.1) is 0 Å². The minimum Gasteiger partial charge on any atom is -0.465 e. The highest BCUT2D eigenvalue weighted by atomic mass is 19.1. The number of aryl methyl sites for hydroxylation is 1. The van der Waals surface area contributed by atoms with Crippen molar-refractivity contribution in [3.8, 4) is 11.3 Å². The minimum absolute atomic E-state index is 0.222. The number of carbonyl (C=O) groups excluding carboxylic acids is 1. The summed E-state index contributed by atoms with van der Waals surface area (Å²) in [6.45, 7) is 2.90. The number of halogens is 1. The first-order valence-corrected chi connectivity index (χ1v) is 10.5. The summed E-state index contributed by atoms with van der Waals surface area (Å²) in [6.07, 6.45) is 1.73. The van der Waals surface area contributed by atoms with E-state index in [1.807, 2.05) is 29.7 Å². The van der Waals surface area contributed by atoms with Crippen LogP contribution in [-0.2, 0) is 17.6 Å². The number of carbonyl (C=O) groups is 2. The molecular weight excluding hydrogens is 415 g/mol. The second-order valence-corrected chi connectivity index (χ2v) is 7.72. The zero-order valence-electron chi connectivity index (χ0n) is 18.0. The number of amides is 2. The number of imidazole rings is 1. The van der Waals surface area contributed by atoms with E-state index in [9.17, 15) is 14.7 Å². The summed E-state index contributed by atoms with van der Waals surface area (Å²) < 4.78 is 22.8. The van der Waals surface area contributed by atoms with E-state index in [1.54, 1.807) is 12.1 Å². The lowest BCUT2D eigenvalue weighted by atomic mass is 10.0. The summed E-state index contributed by atoms with van der Waals surface area (Å²) in [4.78, 5) is 29.3. The summed E-state index contributed by atoms with van der Waals surface area (Å²) in [5.41, 5.74) is 3.46. The van der Waals surface area contributed by atoms with E-state index >= 15 is 4.39 Å². The third-order valence-electron chi connectivity index (χ3n) is 5.74. The molecule has 0 aliphatic carbocycles. The maximum Gasteiger partial charge on any atom is 0.407 e. The fourth-order valence-corrected chi connectivity index (χ4v) is 3.99. The lowest BCUT2D eigenvalue weighted by Gasteiger charge is -2.31. The van der Waals surface area contributed by atoms with Crippen molar-refractivity contribution < 1.29 is 23.8 Å². The van der Waals surface area contributed by atoms with Gasteiger partial charge in [-0.05, 0) is 42.3 Å². The number of ether oxygens (including phenoxy) is 1. The van der Waals surface area contributed by atoms with Crippen molar-refractivity contribution in [2.24, 2.45) is 0 Å². The standard InChI is InChI=1S/C23H25FN4O4/c1-3-14-6-7-28-19(12-16-13-27(23(30)31)8-9-32-16)21(26-20(28)10-14)17-5-4-15(11-18(17)24)22(29)25-2/h4-7,10-11,16H,3,8-9,12-13H2,1-2H3,(H,25,29)(H,30,31)/t16-/m0/s1. The van der Waals surface area contributed by atoms with E-state index in [4.69, 9.17) is 9.72 Å². The van der Waals surface area contributed by atoms with Gasteiger partial charge >= 0.3 is 6.09 Å². The molecule has 2 aromatic heterocycles. The Labute approximate surface area is 184 Å². The number of benzene rings is 1. The molecule has 0 bridgehead atoms. The molecule has 0 unspecified atom stereocenters. The van der Waals surface area contributed by atoms with Crippen LogP contribution in [0.2, 0.25) is 0 Å². The molecule has 1 aliphatic rings. The van der Waals surface area contributed by atoms with Gasteiger partial charge in [0.05, 0.1) is 30.6 Å². The van der Waals surface area contributed by atoms with Crippen LogP contribution in [0.4, 0.5) is 9.18 Å². The summed E-state index contributed by atoms with van der Waals surface area (Å²) in [6, 6.07) is 8.25. The third-order valence-corrected chi connectivity index (χ3v) is 5.74. The van der Waals surface area contributed by atoms with Gasteiger partial charge in [-0.1, -0.05) is 6.92 Å². The summed E-state index contributed by atoms with van der Waals surface area (Å²) in [5.74, 6) is -0.925. The minimum atomic E-state index is -0.986. The Morgan fingerprint density at radius 3 is 2.81 bits per heavy atom. The van der Waals surface area contributed by atoms with Crippen LogP contribution in [0.25, 0.3) is 16.9 Å². The van der Waals surface area contributed by atoms with Crippen LogP contribution in [0.1, 0.15) is 28.5 Å². The first-order chi connectivity index (χ1) is 15.4. The SMILES string of the molecule is CCc1ccn2c(C[C@H]3CN(C(=O)O)CCO3)c(-c3ccc(C(=O)NC)cc3F)nc2c1. The van der Waals surface area contributed by atoms with Crippen LogP contribution < -0.4 is 5.32 Å². The van der Waals surface area contributed by atoms with Gasteiger partial charge in [0.2, 0.25) is 0 Å². The molecule has 1 fully saturated rings. The number of nitrogens with one attached hydrogen (secondary N) is 1. The molecule has 0 radical (unpaired) electrons. The van der Waals surface area contributed by atoms with E-state index in [2.05, 4.69) is 5.32 Å². The Morgan fingerprint density at radius 1 is 1.31 bits per heavy atom. The number of pyridine rings is 1. The molecule has 2 N–H and O–H groups in total. The normalized spacial score (nSPS) is 16.3. The van der Waals surface area contributed by atoms with Gasteiger partial charge in [-0.25, -0.2) is 14.2 Å². The van der Waals surface area contributed by atoms with E-state index in [1.165, 1.54) is 18.0 Å². The lowest BCUT2D eigenvalue weighted by Crippen LogP contribution is -2.45. The molecule has 32 heavy (non-hydrogen) atoms. The Hall–Kier alpha value is -3.46. The van der Waals surface area contributed by atoms with Gasteiger partial charge in [0, 0.05) is 37.3 Å². The van der Waals surface area contributed by atoms with Gasteiger partial charge in [-0.3, -0.25) is 4.79 Å². The van der Waals surface area contributed by atoms with Crippen LogP contribution in [0.15, 0.2) is 36.5 Å². The molecular formula is C23H25FN4O4. The number of morpholine rings is 1. The quantitative estimate of drug-likeness (QED) is 0.636. The number of nitrogens with zero attached hydrogens (tertiary/aromatic N) is 3. The zero-order valence-corrected chi connectivity index (χ0v) is 18.0. The molecule has 4 rings (SSSR count). The number of hydrogen-bond donors (Lipinski definition) is 2. The fourth-order valence-electron chi connectivity index (χ4n) is 3.99. The maximum atomic E-state index is 15.1. The van der Waals surface area contributed by atoms with Crippen LogP contribution in [0.5, 0.6) is 0 Å². The Balaban J connectivity index is 1.78. The summed E-state index contributed by atoms with van der Waals surface area (Å²) in [7, 11) is 1.49. The molecule has 1 saturated heterocycles. The molecule has 8 nitrogen and oxygen atoms in total. The maximum absolute atomic E-state index is 15.1. The van der Waals surface area contributed by atoms with Crippen molar-refractivity contribution in [2.45, 2.75) is 25.9 Å². The van der Waals surface area contributed by atoms with Gasteiger partial charge < -0.3 is 24.5 Å². The molecule has 168 valence electrons. The molecule has 1 aliphatic heterocycles. The second kappa shape index (κ2) is 8.96. The highest BCUT2D eigenvalue weighted by Gasteiger charge is 2.27. The molecule has 3 heterocycles. The lowest BCUT2D eigenvalue weighted by molar-refractivity contribution is -0.0214. The number of carboxylic acid groups (broad SMARTS) is 1. The van der Waals surface area contributed by atoms with Crippen LogP contribution in [-0.4, -0.2) is 64.2 Å². The number of aromatic nitrogens is 2. The fraction of sp³-hybridized carbons (Fsp3) is 0.348.